The van der Waals surface area contributed by atoms with Gasteiger partial charge < -0.3 is 10.1 Å². The van der Waals surface area contributed by atoms with Crippen molar-refractivity contribution in [2.75, 3.05) is 0 Å². The summed E-state index contributed by atoms with van der Waals surface area (Å²) in [5.41, 5.74) is 1.57. The minimum atomic E-state index is -2.95. The van der Waals surface area contributed by atoms with Gasteiger partial charge in [0.05, 0.1) is 21.8 Å². The van der Waals surface area contributed by atoms with Crippen LogP contribution in [0.4, 0.5) is 8.78 Å². The lowest BCUT2D eigenvalue weighted by atomic mass is 10.2. The van der Waals surface area contributed by atoms with Crippen LogP contribution in [0.3, 0.4) is 0 Å². The normalized spacial score (nSPS) is 12.0. The van der Waals surface area contributed by atoms with E-state index in [4.69, 9.17) is 0 Å². The van der Waals surface area contributed by atoms with E-state index in [0.29, 0.717) is 28.3 Å². The Morgan fingerprint density at radius 2 is 1.71 bits per heavy atom. The molecule has 0 saturated heterocycles. The Balaban J connectivity index is 1.64. The second-order valence-electron chi connectivity index (χ2n) is 7.39. The van der Waals surface area contributed by atoms with Crippen molar-refractivity contribution in [1.29, 1.82) is 0 Å². The van der Waals surface area contributed by atoms with Crippen LogP contribution >= 0.6 is 11.8 Å². The minimum absolute atomic E-state index is 0.0246. The molecule has 1 unspecified atom stereocenters. The number of halogens is 2. The van der Waals surface area contributed by atoms with Crippen LogP contribution in [0, 0.1) is 0 Å². The second kappa shape index (κ2) is 10.5. The van der Waals surface area contributed by atoms with Crippen LogP contribution in [-0.2, 0) is 11.3 Å². The molecule has 4 aromatic rings. The number of rotatable bonds is 8. The van der Waals surface area contributed by atoms with Crippen molar-refractivity contribution in [1.82, 2.24) is 14.9 Å². The van der Waals surface area contributed by atoms with E-state index in [1.807, 2.05) is 30.3 Å². The number of hydrogen-bond acceptors (Lipinski definition) is 5. The van der Waals surface area contributed by atoms with E-state index < -0.39 is 11.9 Å². The molecule has 3 aromatic carbocycles. The molecular formula is C25H21F2N3O3S. The molecule has 6 nitrogen and oxygen atoms in total. The van der Waals surface area contributed by atoms with Crippen molar-refractivity contribution < 1.29 is 18.3 Å². The van der Waals surface area contributed by atoms with Crippen LogP contribution < -0.4 is 15.6 Å². The van der Waals surface area contributed by atoms with E-state index in [-0.39, 0.29) is 17.2 Å². The van der Waals surface area contributed by atoms with Gasteiger partial charge in [-0.3, -0.25) is 14.2 Å². The van der Waals surface area contributed by atoms with E-state index in [1.165, 1.54) is 28.8 Å². The second-order valence-corrected chi connectivity index (χ2v) is 8.70. The average Bonchev–Trinajstić information content (AvgIpc) is 2.84. The molecule has 4 rings (SSSR count). The minimum Gasteiger partial charge on any atom is -0.435 e. The number of aromatic nitrogens is 2. The van der Waals surface area contributed by atoms with Crippen molar-refractivity contribution >= 4 is 28.6 Å². The molecule has 1 amide bonds. The third-order valence-corrected chi connectivity index (χ3v) is 6.08. The fourth-order valence-electron chi connectivity index (χ4n) is 3.34. The number of carbonyl (C=O) groups excluding carboxylic acids is 1. The van der Waals surface area contributed by atoms with Gasteiger partial charge in [-0.05, 0) is 48.9 Å². The number of benzene rings is 3. The van der Waals surface area contributed by atoms with Crippen LogP contribution in [0.2, 0.25) is 0 Å². The summed E-state index contributed by atoms with van der Waals surface area (Å²) in [6.45, 7) is -0.832. The fraction of sp³-hybridized carbons (Fsp3) is 0.160. The summed E-state index contributed by atoms with van der Waals surface area (Å²) in [4.78, 5) is 30.7. The Morgan fingerprint density at radius 3 is 2.41 bits per heavy atom. The van der Waals surface area contributed by atoms with Crippen molar-refractivity contribution in [3.05, 3.63) is 94.8 Å². The highest BCUT2D eigenvalue weighted by Gasteiger charge is 2.20. The Hall–Kier alpha value is -3.72. The van der Waals surface area contributed by atoms with Crippen molar-refractivity contribution in [2.24, 2.45) is 0 Å². The first-order valence-electron chi connectivity index (χ1n) is 10.5. The molecule has 0 radical (unpaired) electrons. The maximum atomic E-state index is 13.3. The molecule has 1 atom stereocenters. The van der Waals surface area contributed by atoms with Gasteiger partial charge in [0.1, 0.15) is 5.75 Å². The van der Waals surface area contributed by atoms with Crippen LogP contribution in [0.15, 0.2) is 88.8 Å². The summed E-state index contributed by atoms with van der Waals surface area (Å²) in [5, 5.41) is 3.06. The molecular weight excluding hydrogens is 460 g/mol. The van der Waals surface area contributed by atoms with Crippen molar-refractivity contribution in [2.45, 2.75) is 30.5 Å². The van der Waals surface area contributed by atoms with Gasteiger partial charge in [0, 0.05) is 6.54 Å². The van der Waals surface area contributed by atoms with Crippen LogP contribution in [0.5, 0.6) is 5.75 Å². The lowest BCUT2D eigenvalue weighted by Crippen LogP contribution is -2.31. The Morgan fingerprint density at radius 1 is 1.03 bits per heavy atom. The maximum Gasteiger partial charge on any atom is 0.387 e. The van der Waals surface area contributed by atoms with E-state index in [1.54, 1.807) is 31.2 Å². The number of thioether (sulfide) groups is 1. The molecule has 0 spiro atoms. The Bertz CT molecular complexity index is 1350. The highest BCUT2D eigenvalue weighted by Crippen LogP contribution is 2.26. The largest absolute Gasteiger partial charge is 0.435 e. The molecule has 0 saturated carbocycles. The molecule has 1 heterocycles. The zero-order valence-electron chi connectivity index (χ0n) is 18.2. The van der Waals surface area contributed by atoms with Crippen molar-refractivity contribution in [3.63, 3.8) is 0 Å². The summed E-state index contributed by atoms with van der Waals surface area (Å²) in [6, 6.07) is 22.2. The molecule has 0 aliphatic heterocycles. The average molecular weight is 482 g/mol. The quantitative estimate of drug-likeness (QED) is 0.290. The van der Waals surface area contributed by atoms with Gasteiger partial charge in [0.25, 0.3) is 5.56 Å². The third kappa shape index (κ3) is 5.43. The molecule has 34 heavy (non-hydrogen) atoms. The Labute approximate surface area is 198 Å². The number of fused-ring (bicyclic) bond motifs is 1. The number of amides is 1. The summed E-state index contributed by atoms with van der Waals surface area (Å²) < 4.78 is 30.8. The third-order valence-electron chi connectivity index (χ3n) is 5.03. The van der Waals surface area contributed by atoms with E-state index in [0.717, 1.165) is 17.3 Å². The first-order chi connectivity index (χ1) is 16.4. The molecule has 9 heteroatoms. The van der Waals surface area contributed by atoms with Gasteiger partial charge >= 0.3 is 6.61 Å². The first-order valence-corrected chi connectivity index (χ1v) is 11.4. The molecule has 0 fully saturated rings. The maximum absolute atomic E-state index is 13.3. The van der Waals surface area contributed by atoms with E-state index in [2.05, 4.69) is 15.0 Å². The van der Waals surface area contributed by atoms with Gasteiger partial charge in [-0.25, -0.2) is 4.98 Å². The zero-order chi connectivity index (χ0) is 24.1. The molecule has 174 valence electrons. The monoisotopic (exact) mass is 481 g/mol. The zero-order valence-corrected chi connectivity index (χ0v) is 19.0. The summed E-state index contributed by atoms with van der Waals surface area (Å²) in [7, 11) is 0. The lowest BCUT2D eigenvalue weighted by Gasteiger charge is -2.17. The van der Waals surface area contributed by atoms with Gasteiger partial charge in [-0.2, -0.15) is 8.78 Å². The number of ether oxygens (including phenoxy) is 1. The number of carbonyl (C=O) groups is 1. The van der Waals surface area contributed by atoms with Gasteiger partial charge in [-0.1, -0.05) is 54.2 Å². The number of nitrogens with zero attached hydrogens (tertiary/aromatic N) is 2. The smallest absolute Gasteiger partial charge is 0.387 e. The fourth-order valence-corrected chi connectivity index (χ4v) is 4.29. The number of para-hydroxylation sites is 1. The number of alkyl halides is 2. The Kier molecular flexibility index (Phi) is 7.22. The summed E-state index contributed by atoms with van der Waals surface area (Å²) in [6.07, 6.45) is 0. The molecule has 1 N–H and O–H groups in total. The van der Waals surface area contributed by atoms with E-state index in [9.17, 15) is 18.4 Å². The van der Waals surface area contributed by atoms with Crippen molar-refractivity contribution in [3.8, 4) is 11.4 Å². The predicted molar refractivity (Wildman–Crippen MR) is 128 cm³/mol. The molecule has 0 aliphatic carbocycles. The summed E-state index contributed by atoms with van der Waals surface area (Å²) >= 11 is 1.14. The molecule has 1 aromatic heterocycles. The van der Waals surface area contributed by atoms with E-state index >= 15 is 0 Å². The molecule has 0 aliphatic rings. The lowest BCUT2D eigenvalue weighted by molar-refractivity contribution is -0.120. The number of nitrogens with one attached hydrogen (secondary N) is 1. The molecule has 0 bridgehead atoms. The van der Waals surface area contributed by atoms with Gasteiger partial charge in [-0.15, -0.1) is 0 Å². The highest BCUT2D eigenvalue weighted by molar-refractivity contribution is 8.00. The predicted octanol–water partition coefficient (Wildman–Crippen LogP) is 4.78. The van der Waals surface area contributed by atoms with Crippen LogP contribution in [-0.4, -0.2) is 27.3 Å². The first kappa shape index (κ1) is 23.4. The SMILES string of the molecule is CC(Sc1nc2ccccc2c(=O)n1-c1ccc(OC(F)F)cc1)C(=O)NCc1ccccc1. The van der Waals surface area contributed by atoms with Crippen LogP contribution in [0.25, 0.3) is 16.6 Å². The van der Waals surface area contributed by atoms with Gasteiger partial charge in [0.15, 0.2) is 5.16 Å². The highest BCUT2D eigenvalue weighted by atomic mass is 32.2. The number of hydrogen-bond donors (Lipinski definition) is 1. The summed E-state index contributed by atoms with van der Waals surface area (Å²) in [5.74, 6) is -0.230. The standard InChI is InChI=1S/C25H21F2N3O3S/c1-16(22(31)28-15-17-7-3-2-4-8-17)34-25-29-21-10-6-5-9-20(21)23(32)30(25)18-11-13-19(14-12-18)33-24(26)27/h2-14,16,24H,15H2,1H3,(H,28,31). The van der Waals surface area contributed by atoms with Gasteiger partial charge in [0.2, 0.25) is 5.91 Å². The van der Waals surface area contributed by atoms with Crippen LogP contribution in [0.1, 0.15) is 12.5 Å². The topological polar surface area (TPSA) is 73.2 Å².